The second-order valence-corrected chi connectivity index (χ2v) is 10.5. The number of hydrogen-bond acceptors (Lipinski definition) is 6. The van der Waals surface area contributed by atoms with Gasteiger partial charge in [-0.1, -0.05) is 36.4 Å². The van der Waals surface area contributed by atoms with Crippen LogP contribution < -0.4 is 5.32 Å². The molecule has 6 rings (SSSR count). The Morgan fingerprint density at radius 2 is 1.79 bits per heavy atom. The van der Waals surface area contributed by atoms with E-state index in [-0.39, 0.29) is 47.0 Å². The third kappa shape index (κ3) is 5.13. The number of oxazole rings is 1. The molecule has 5 aromatic rings. The molecular formula is C29H23F6N5O2. The van der Waals surface area contributed by atoms with E-state index in [1.54, 1.807) is 35.9 Å². The summed E-state index contributed by atoms with van der Waals surface area (Å²) in [5.41, 5.74) is -2.15. The van der Waals surface area contributed by atoms with Crippen molar-refractivity contribution in [2.75, 3.05) is 6.54 Å². The maximum Gasteiger partial charge on any atom is 0.420 e. The summed E-state index contributed by atoms with van der Waals surface area (Å²) in [7, 11) is 1.65. The molecule has 1 fully saturated rings. The first-order valence-electron chi connectivity index (χ1n) is 12.9. The van der Waals surface area contributed by atoms with E-state index in [1.165, 1.54) is 24.5 Å². The van der Waals surface area contributed by atoms with E-state index in [0.29, 0.717) is 11.1 Å². The van der Waals surface area contributed by atoms with Crippen LogP contribution in [0.2, 0.25) is 0 Å². The molecule has 2 aromatic heterocycles. The largest absolute Gasteiger partial charge is 0.435 e. The van der Waals surface area contributed by atoms with Gasteiger partial charge in [-0.05, 0) is 34.9 Å². The molecule has 1 saturated carbocycles. The van der Waals surface area contributed by atoms with Crippen molar-refractivity contribution in [3.05, 3.63) is 77.9 Å². The molecular weight excluding hydrogens is 564 g/mol. The Morgan fingerprint density at radius 1 is 1.05 bits per heavy atom. The standard InChI is InChI=1S/C29H23F6N5O2/c1-40-15-37-39-25(40)22-18(17-5-3-2-4-6-17)7-8-20(30)23(22)26-38-21-10-16(9-19(24(21)42-26)29(33,34)35)11-36-14-27(41)12-28(31,32)13-27/h2-10,15,36,41H,11-14H2,1H3. The molecule has 0 unspecified atom stereocenters. The molecule has 0 radical (unpaired) electrons. The number of nitrogens with one attached hydrogen (secondary N) is 1. The highest BCUT2D eigenvalue weighted by atomic mass is 19.4. The second-order valence-electron chi connectivity index (χ2n) is 10.5. The molecule has 0 bridgehead atoms. The van der Waals surface area contributed by atoms with Crippen LogP contribution in [0.3, 0.4) is 0 Å². The molecule has 3 aromatic carbocycles. The zero-order valence-electron chi connectivity index (χ0n) is 22.0. The number of rotatable bonds is 7. The van der Waals surface area contributed by atoms with Crippen molar-refractivity contribution >= 4 is 11.1 Å². The van der Waals surface area contributed by atoms with Crippen molar-refractivity contribution in [1.82, 2.24) is 25.1 Å². The number of fused-ring (bicyclic) bond motifs is 1. The molecule has 7 nitrogen and oxygen atoms in total. The number of aromatic nitrogens is 4. The van der Waals surface area contributed by atoms with Crippen molar-refractivity contribution in [1.29, 1.82) is 0 Å². The summed E-state index contributed by atoms with van der Waals surface area (Å²) in [4.78, 5) is 4.28. The van der Waals surface area contributed by atoms with E-state index < -0.39 is 47.5 Å². The van der Waals surface area contributed by atoms with E-state index in [0.717, 1.165) is 6.07 Å². The lowest BCUT2D eigenvalue weighted by Gasteiger charge is -2.43. The van der Waals surface area contributed by atoms with Crippen LogP contribution >= 0.6 is 0 Å². The Hall–Kier alpha value is -4.23. The Labute approximate surface area is 234 Å². The number of alkyl halides is 5. The summed E-state index contributed by atoms with van der Waals surface area (Å²) >= 11 is 0. The van der Waals surface area contributed by atoms with E-state index in [2.05, 4.69) is 20.5 Å². The van der Waals surface area contributed by atoms with Gasteiger partial charge in [-0.25, -0.2) is 18.2 Å². The number of benzene rings is 3. The van der Waals surface area contributed by atoms with Crippen molar-refractivity contribution in [3.8, 4) is 34.0 Å². The molecule has 2 N–H and O–H groups in total. The Morgan fingerprint density at radius 3 is 2.43 bits per heavy atom. The van der Waals surface area contributed by atoms with Gasteiger partial charge in [-0.3, -0.25) is 0 Å². The lowest BCUT2D eigenvalue weighted by atomic mass is 9.76. The first-order valence-corrected chi connectivity index (χ1v) is 12.9. The second kappa shape index (κ2) is 9.95. The van der Waals surface area contributed by atoms with Gasteiger partial charge >= 0.3 is 6.18 Å². The van der Waals surface area contributed by atoms with Gasteiger partial charge < -0.3 is 19.4 Å². The van der Waals surface area contributed by atoms with Crippen LogP contribution in [0.1, 0.15) is 24.0 Å². The van der Waals surface area contributed by atoms with Gasteiger partial charge in [0.05, 0.1) is 11.2 Å². The fourth-order valence-corrected chi connectivity index (χ4v) is 5.37. The van der Waals surface area contributed by atoms with Gasteiger partial charge in [0.1, 0.15) is 23.2 Å². The monoisotopic (exact) mass is 587 g/mol. The molecule has 0 atom stereocenters. The molecule has 218 valence electrons. The van der Waals surface area contributed by atoms with Gasteiger partial charge in [0, 0.05) is 38.5 Å². The fraction of sp³-hybridized carbons (Fsp3) is 0.276. The fourth-order valence-electron chi connectivity index (χ4n) is 5.37. The highest BCUT2D eigenvalue weighted by Crippen LogP contribution is 2.46. The van der Waals surface area contributed by atoms with E-state index >= 15 is 4.39 Å². The van der Waals surface area contributed by atoms with E-state index in [1.807, 2.05) is 6.07 Å². The minimum atomic E-state index is -4.85. The van der Waals surface area contributed by atoms with Crippen molar-refractivity contribution in [3.63, 3.8) is 0 Å². The molecule has 1 aliphatic rings. The highest BCUT2D eigenvalue weighted by molar-refractivity contribution is 5.92. The van der Waals surface area contributed by atoms with Crippen LogP contribution in [0, 0.1) is 5.82 Å². The third-order valence-corrected chi connectivity index (χ3v) is 7.20. The highest BCUT2D eigenvalue weighted by Gasteiger charge is 2.55. The molecule has 0 amide bonds. The lowest BCUT2D eigenvalue weighted by molar-refractivity contribution is -0.202. The van der Waals surface area contributed by atoms with Crippen molar-refractivity contribution in [2.24, 2.45) is 7.05 Å². The van der Waals surface area contributed by atoms with Crippen molar-refractivity contribution < 1.29 is 35.9 Å². The molecule has 0 aliphatic heterocycles. The van der Waals surface area contributed by atoms with Crippen LogP contribution in [0.25, 0.3) is 45.1 Å². The smallest absolute Gasteiger partial charge is 0.420 e. The maximum absolute atomic E-state index is 15.6. The molecule has 0 spiro atoms. The van der Waals surface area contributed by atoms with Crippen LogP contribution in [-0.2, 0) is 19.8 Å². The van der Waals surface area contributed by atoms with Crippen molar-refractivity contribution in [2.45, 2.75) is 37.1 Å². The van der Waals surface area contributed by atoms with Gasteiger partial charge in [0.15, 0.2) is 11.4 Å². The molecule has 13 heteroatoms. The van der Waals surface area contributed by atoms with Crippen LogP contribution in [-0.4, -0.2) is 42.9 Å². The van der Waals surface area contributed by atoms with Crippen LogP contribution in [0.15, 0.2) is 65.3 Å². The summed E-state index contributed by atoms with van der Waals surface area (Å²) in [6.07, 6.45) is -4.90. The van der Waals surface area contributed by atoms with Gasteiger partial charge in [0.2, 0.25) is 5.89 Å². The number of hydrogen-bond donors (Lipinski definition) is 2. The normalized spacial score (nSPS) is 16.1. The Balaban J connectivity index is 1.46. The summed E-state index contributed by atoms with van der Waals surface area (Å²) in [5, 5.41) is 20.9. The molecule has 1 aliphatic carbocycles. The first-order chi connectivity index (χ1) is 19.8. The molecule has 0 saturated heterocycles. The topological polar surface area (TPSA) is 89.0 Å². The quantitative estimate of drug-likeness (QED) is 0.215. The third-order valence-electron chi connectivity index (χ3n) is 7.20. The average Bonchev–Trinajstić information content (AvgIpc) is 3.52. The predicted molar refractivity (Wildman–Crippen MR) is 141 cm³/mol. The Bertz CT molecular complexity index is 1770. The Kier molecular flexibility index (Phi) is 6.61. The van der Waals surface area contributed by atoms with Gasteiger partial charge in [0.25, 0.3) is 5.92 Å². The predicted octanol–water partition coefficient (Wildman–Crippen LogP) is 6.37. The summed E-state index contributed by atoms with van der Waals surface area (Å²) < 4.78 is 91.7. The lowest BCUT2D eigenvalue weighted by Crippen LogP contribution is -2.56. The SMILES string of the molecule is Cn1cnnc1-c1c(-c2ccccc2)ccc(F)c1-c1nc2cc(CNCC3(O)CC(F)(F)C3)cc(C(F)(F)F)c2o1. The van der Waals surface area contributed by atoms with Gasteiger partial charge in [-0.2, -0.15) is 13.2 Å². The number of aliphatic hydroxyl groups is 1. The number of halogens is 6. The molecule has 42 heavy (non-hydrogen) atoms. The zero-order valence-corrected chi connectivity index (χ0v) is 22.0. The van der Waals surface area contributed by atoms with Gasteiger partial charge in [-0.15, -0.1) is 10.2 Å². The van der Waals surface area contributed by atoms with Crippen LogP contribution in [0.4, 0.5) is 26.3 Å². The minimum absolute atomic E-state index is 0.122. The first kappa shape index (κ1) is 27.9. The summed E-state index contributed by atoms with van der Waals surface area (Å²) in [6.45, 7) is -0.401. The summed E-state index contributed by atoms with van der Waals surface area (Å²) in [5.74, 6) is -3.90. The minimum Gasteiger partial charge on any atom is -0.435 e. The summed E-state index contributed by atoms with van der Waals surface area (Å²) in [6, 6.07) is 13.9. The number of nitrogens with zero attached hydrogens (tertiary/aromatic N) is 4. The molecule has 2 heterocycles. The number of aryl methyl sites for hydroxylation is 1. The average molecular weight is 588 g/mol. The van der Waals surface area contributed by atoms with E-state index in [9.17, 15) is 27.1 Å². The maximum atomic E-state index is 15.6. The van der Waals surface area contributed by atoms with E-state index in [4.69, 9.17) is 4.42 Å². The van der Waals surface area contributed by atoms with Crippen LogP contribution in [0.5, 0.6) is 0 Å². The zero-order chi connectivity index (χ0) is 29.9.